The Morgan fingerprint density at radius 2 is 1.76 bits per heavy atom. The minimum Gasteiger partial charge on any atom is -0.358 e. The van der Waals surface area contributed by atoms with Crippen molar-refractivity contribution in [1.29, 1.82) is 0 Å². The fourth-order valence-corrected chi connectivity index (χ4v) is 5.55. The van der Waals surface area contributed by atoms with Crippen LogP contribution in [0.4, 0.5) is 11.6 Å². The number of imidazole rings is 1. The number of halogens is 1. The molecule has 180 valence electrons. The van der Waals surface area contributed by atoms with E-state index in [1.165, 1.54) is 6.07 Å². The van der Waals surface area contributed by atoms with Gasteiger partial charge in [-0.2, -0.15) is 0 Å². The van der Waals surface area contributed by atoms with Gasteiger partial charge < -0.3 is 19.9 Å². The molecule has 0 N–H and O–H groups in total. The standard InChI is InChI=1S/C22H24ClN5O5S/c1-15-24-21(28(30)31)22(25(15)2)27-10-8-26(9-11-27)20(29)7-12-34(32,33)19-6-4-16-13-18(23)5-3-17(16)14-19/h3-6,13-14H,7-12H2,1-2H3. The van der Waals surface area contributed by atoms with E-state index in [2.05, 4.69) is 4.98 Å². The molecule has 0 saturated carbocycles. The van der Waals surface area contributed by atoms with Gasteiger partial charge in [0.25, 0.3) is 0 Å². The van der Waals surface area contributed by atoms with Crippen LogP contribution in [0.5, 0.6) is 0 Å². The molecule has 1 saturated heterocycles. The van der Waals surface area contributed by atoms with Crippen molar-refractivity contribution in [2.24, 2.45) is 7.05 Å². The highest BCUT2D eigenvalue weighted by atomic mass is 35.5. The van der Waals surface area contributed by atoms with Crippen LogP contribution in [0, 0.1) is 17.0 Å². The lowest BCUT2D eigenvalue weighted by Gasteiger charge is -2.35. The zero-order chi connectivity index (χ0) is 24.6. The number of sulfone groups is 1. The summed E-state index contributed by atoms with van der Waals surface area (Å²) in [7, 11) is -1.93. The molecule has 34 heavy (non-hydrogen) atoms. The van der Waals surface area contributed by atoms with Gasteiger partial charge in [0, 0.05) is 51.6 Å². The van der Waals surface area contributed by atoms with Gasteiger partial charge in [-0.05, 0) is 44.9 Å². The second-order valence-electron chi connectivity index (χ2n) is 8.21. The topological polar surface area (TPSA) is 119 Å². The van der Waals surface area contributed by atoms with Gasteiger partial charge in [0.1, 0.15) is 0 Å². The second-order valence-corrected chi connectivity index (χ2v) is 10.8. The number of anilines is 1. The van der Waals surface area contributed by atoms with Crippen LogP contribution in [-0.2, 0) is 21.7 Å². The first-order valence-electron chi connectivity index (χ1n) is 10.7. The number of hydrogen-bond donors (Lipinski definition) is 0. The number of piperazine rings is 1. The minimum atomic E-state index is -3.64. The number of amides is 1. The highest BCUT2D eigenvalue weighted by molar-refractivity contribution is 7.91. The molecule has 0 aliphatic carbocycles. The Balaban J connectivity index is 1.38. The Hall–Kier alpha value is -3.18. The van der Waals surface area contributed by atoms with Crippen LogP contribution in [0.25, 0.3) is 10.8 Å². The number of hydrogen-bond acceptors (Lipinski definition) is 7. The molecule has 0 atom stereocenters. The second kappa shape index (κ2) is 9.22. The van der Waals surface area contributed by atoms with Crippen molar-refractivity contribution in [2.45, 2.75) is 18.2 Å². The van der Waals surface area contributed by atoms with E-state index in [1.807, 2.05) is 4.90 Å². The lowest BCUT2D eigenvalue weighted by molar-refractivity contribution is -0.388. The number of nitro groups is 1. The average molecular weight is 506 g/mol. The fourth-order valence-electron chi connectivity index (χ4n) is 4.11. The number of carbonyl (C=O) groups excluding carboxylic acids is 1. The van der Waals surface area contributed by atoms with Gasteiger partial charge in [-0.25, -0.2) is 8.42 Å². The molecule has 12 heteroatoms. The quantitative estimate of drug-likeness (QED) is 0.373. The highest BCUT2D eigenvalue weighted by Gasteiger charge is 2.31. The zero-order valence-electron chi connectivity index (χ0n) is 18.8. The lowest BCUT2D eigenvalue weighted by atomic mass is 10.1. The van der Waals surface area contributed by atoms with Crippen molar-refractivity contribution in [3.8, 4) is 0 Å². The van der Waals surface area contributed by atoms with Crippen molar-refractivity contribution in [3.63, 3.8) is 0 Å². The van der Waals surface area contributed by atoms with E-state index in [1.54, 1.807) is 53.8 Å². The van der Waals surface area contributed by atoms with Crippen molar-refractivity contribution in [1.82, 2.24) is 14.5 Å². The Morgan fingerprint density at radius 3 is 2.44 bits per heavy atom. The monoisotopic (exact) mass is 505 g/mol. The Labute approximate surface area is 201 Å². The largest absolute Gasteiger partial charge is 0.406 e. The summed E-state index contributed by atoms with van der Waals surface area (Å²) in [5.41, 5.74) is 0. The minimum absolute atomic E-state index is 0.133. The Kier molecular flexibility index (Phi) is 6.50. The number of nitrogens with zero attached hydrogens (tertiary/aromatic N) is 5. The molecule has 0 radical (unpaired) electrons. The van der Waals surface area contributed by atoms with E-state index in [0.29, 0.717) is 42.8 Å². The average Bonchev–Trinajstić information content (AvgIpc) is 3.11. The first-order chi connectivity index (χ1) is 16.1. The molecule has 1 aliphatic rings. The number of aromatic nitrogens is 2. The molecule has 1 fully saturated rings. The molecule has 1 aromatic heterocycles. The number of fused-ring (bicyclic) bond motifs is 1. The number of aryl methyl sites for hydroxylation is 1. The molecular weight excluding hydrogens is 482 g/mol. The van der Waals surface area contributed by atoms with Crippen LogP contribution in [0.3, 0.4) is 0 Å². The van der Waals surface area contributed by atoms with Crippen LogP contribution in [0.2, 0.25) is 5.02 Å². The maximum absolute atomic E-state index is 12.8. The third-order valence-corrected chi connectivity index (χ3v) is 8.04. The van der Waals surface area contributed by atoms with E-state index < -0.39 is 14.8 Å². The van der Waals surface area contributed by atoms with Gasteiger partial charge in [0.05, 0.1) is 10.6 Å². The summed E-state index contributed by atoms with van der Waals surface area (Å²) in [6, 6.07) is 10.0. The molecule has 0 spiro atoms. The van der Waals surface area contributed by atoms with Crippen LogP contribution in [0.1, 0.15) is 12.2 Å². The van der Waals surface area contributed by atoms with Gasteiger partial charge in [-0.3, -0.25) is 9.36 Å². The molecule has 2 heterocycles. The molecule has 10 nitrogen and oxygen atoms in total. The molecule has 0 unspecified atom stereocenters. The first kappa shape index (κ1) is 24.0. The van der Waals surface area contributed by atoms with Crippen molar-refractivity contribution in [3.05, 3.63) is 57.4 Å². The van der Waals surface area contributed by atoms with E-state index >= 15 is 0 Å². The molecule has 2 aromatic carbocycles. The maximum atomic E-state index is 12.8. The summed E-state index contributed by atoms with van der Waals surface area (Å²) in [5, 5.41) is 13.5. The van der Waals surface area contributed by atoms with Gasteiger partial charge in [-0.1, -0.05) is 23.7 Å². The smallest absolute Gasteiger partial charge is 0.358 e. The van der Waals surface area contributed by atoms with Crippen LogP contribution < -0.4 is 4.90 Å². The summed E-state index contributed by atoms with van der Waals surface area (Å²) >= 11 is 5.98. The fraction of sp³-hybridized carbons (Fsp3) is 0.364. The SMILES string of the molecule is Cc1nc([N+](=O)[O-])c(N2CCN(C(=O)CCS(=O)(=O)c3ccc4cc(Cl)ccc4c3)CC2)n1C. The normalized spacial score (nSPS) is 14.6. The van der Waals surface area contributed by atoms with Crippen molar-refractivity contribution < 1.29 is 18.1 Å². The number of carbonyl (C=O) groups is 1. The predicted octanol–water partition coefficient (Wildman–Crippen LogP) is 2.96. The highest BCUT2D eigenvalue weighted by Crippen LogP contribution is 2.29. The van der Waals surface area contributed by atoms with E-state index in [0.717, 1.165) is 10.8 Å². The molecule has 1 aliphatic heterocycles. The Bertz CT molecular complexity index is 1380. The first-order valence-corrected chi connectivity index (χ1v) is 12.7. The van der Waals surface area contributed by atoms with E-state index in [-0.39, 0.29) is 28.8 Å². The Morgan fingerprint density at radius 1 is 1.12 bits per heavy atom. The predicted molar refractivity (Wildman–Crippen MR) is 129 cm³/mol. The van der Waals surface area contributed by atoms with Gasteiger partial charge in [0.2, 0.25) is 17.5 Å². The van der Waals surface area contributed by atoms with Crippen molar-refractivity contribution in [2.75, 3.05) is 36.8 Å². The van der Waals surface area contributed by atoms with E-state index in [9.17, 15) is 23.3 Å². The third-order valence-electron chi connectivity index (χ3n) is 6.09. The van der Waals surface area contributed by atoms with E-state index in [4.69, 9.17) is 11.6 Å². The summed E-state index contributed by atoms with van der Waals surface area (Å²) in [4.78, 5) is 31.2. The van der Waals surface area contributed by atoms with Crippen LogP contribution in [-0.4, -0.2) is 65.6 Å². The zero-order valence-corrected chi connectivity index (χ0v) is 20.3. The summed E-state index contributed by atoms with van der Waals surface area (Å²) in [6.07, 6.45) is -0.133. The van der Waals surface area contributed by atoms with Crippen molar-refractivity contribution >= 4 is 49.8 Å². The maximum Gasteiger partial charge on any atom is 0.406 e. The molecule has 3 aromatic rings. The summed E-state index contributed by atoms with van der Waals surface area (Å²) in [5.74, 6) is 0.185. The summed E-state index contributed by atoms with van der Waals surface area (Å²) < 4.78 is 27.3. The molecular formula is C22H24ClN5O5S. The van der Waals surface area contributed by atoms with Crippen LogP contribution >= 0.6 is 11.6 Å². The third kappa shape index (κ3) is 4.71. The molecule has 4 rings (SSSR count). The van der Waals surface area contributed by atoms with Gasteiger partial charge in [-0.15, -0.1) is 0 Å². The number of benzene rings is 2. The van der Waals surface area contributed by atoms with Gasteiger partial charge >= 0.3 is 5.82 Å². The van der Waals surface area contributed by atoms with Gasteiger partial charge in [0.15, 0.2) is 9.84 Å². The summed E-state index contributed by atoms with van der Waals surface area (Å²) in [6.45, 7) is 3.17. The molecule has 0 bridgehead atoms. The lowest BCUT2D eigenvalue weighted by Crippen LogP contribution is -2.49. The number of rotatable bonds is 6. The van der Waals surface area contributed by atoms with Crippen LogP contribution in [0.15, 0.2) is 41.3 Å². The molecule has 1 amide bonds.